The highest BCUT2D eigenvalue weighted by Gasteiger charge is 2.20. The molecule has 2 aromatic carbocycles. The van der Waals surface area contributed by atoms with Gasteiger partial charge in [0.15, 0.2) is 0 Å². The summed E-state index contributed by atoms with van der Waals surface area (Å²) in [5.41, 5.74) is 4.55. The minimum absolute atomic E-state index is 0.217. The molecule has 5 rings (SSSR count). The first-order chi connectivity index (χ1) is 15.8. The summed E-state index contributed by atoms with van der Waals surface area (Å²) >= 11 is 0. The lowest BCUT2D eigenvalue weighted by Crippen LogP contribution is -2.36. The molecule has 0 spiro atoms. The average Bonchev–Trinajstić information content (AvgIpc) is 3.32. The number of hydrogen-bond acceptors (Lipinski definition) is 5. The normalized spacial score (nSPS) is 13.7. The summed E-state index contributed by atoms with van der Waals surface area (Å²) in [4.78, 5) is 19.8. The van der Waals surface area contributed by atoms with Gasteiger partial charge in [-0.05, 0) is 42.5 Å². The summed E-state index contributed by atoms with van der Waals surface area (Å²) < 4.78 is 7.17. The molecule has 1 N–H and O–H groups in total. The molecule has 7 nitrogen and oxygen atoms in total. The lowest BCUT2D eigenvalue weighted by atomic mass is 10.1. The van der Waals surface area contributed by atoms with Crippen LogP contribution in [0.4, 0.5) is 11.4 Å². The molecule has 7 heteroatoms. The van der Waals surface area contributed by atoms with Crippen molar-refractivity contribution in [1.29, 1.82) is 0 Å². The van der Waals surface area contributed by atoms with Crippen molar-refractivity contribution < 1.29 is 9.53 Å². The van der Waals surface area contributed by atoms with Gasteiger partial charge in [0.05, 0.1) is 24.5 Å². The van der Waals surface area contributed by atoms with Crippen molar-refractivity contribution in [3.8, 4) is 16.9 Å². The SMILES string of the molecule is O=C(Nc1cccc(N2CCOCC2)c1)c1cn(-c2ccccc2)nc1-c1cccnc1. The zero-order valence-corrected chi connectivity index (χ0v) is 17.5. The van der Waals surface area contributed by atoms with E-state index < -0.39 is 0 Å². The van der Waals surface area contributed by atoms with E-state index in [-0.39, 0.29) is 5.91 Å². The Morgan fingerprint density at radius 2 is 1.75 bits per heavy atom. The van der Waals surface area contributed by atoms with Crippen molar-refractivity contribution in [3.63, 3.8) is 0 Å². The number of rotatable bonds is 5. The maximum Gasteiger partial charge on any atom is 0.259 e. The Bertz CT molecular complexity index is 1200. The fourth-order valence-electron chi connectivity index (χ4n) is 3.77. The van der Waals surface area contributed by atoms with Gasteiger partial charge in [-0.25, -0.2) is 4.68 Å². The van der Waals surface area contributed by atoms with E-state index in [1.54, 1.807) is 23.3 Å². The number of morpholine rings is 1. The molecule has 3 heterocycles. The Kier molecular flexibility index (Phi) is 5.63. The molecule has 0 radical (unpaired) electrons. The van der Waals surface area contributed by atoms with Crippen molar-refractivity contribution in [2.24, 2.45) is 0 Å². The molecule has 160 valence electrons. The number of carbonyl (C=O) groups excluding carboxylic acids is 1. The summed E-state index contributed by atoms with van der Waals surface area (Å²) in [5.74, 6) is -0.217. The Morgan fingerprint density at radius 3 is 2.53 bits per heavy atom. The van der Waals surface area contributed by atoms with Crippen molar-refractivity contribution >= 4 is 17.3 Å². The van der Waals surface area contributed by atoms with E-state index in [1.807, 2.05) is 60.7 Å². The molecule has 1 amide bonds. The first-order valence-electron chi connectivity index (χ1n) is 10.6. The van der Waals surface area contributed by atoms with Crippen molar-refractivity contribution in [2.75, 3.05) is 36.5 Å². The Hall–Kier alpha value is -3.97. The van der Waals surface area contributed by atoms with Gasteiger partial charge in [-0.2, -0.15) is 5.10 Å². The predicted octanol–water partition coefficient (Wildman–Crippen LogP) is 4.02. The van der Waals surface area contributed by atoms with Crippen LogP contribution in [0.15, 0.2) is 85.3 Å². The van der Waals surface area contributed by atoms with Gasteiger partial charge in [0.1, 0.15) is 5.69 Å². The van der Waals surface area contributed by atoms with Crippen LogP contribution in [-0.4, -0.2) is 47.0 Å². The van der Waals surface area contributed by atoms with Crippen LogP contribution >= 0.6 is 0 Å². The molecule has 0 aliphatic carbocycles. The van der Waals surface area contributed by atoms with Crippen molar-refractivity contribution in [1.82, 2.24) is 14.8 Å². The second kappa shape index (κ2) is 9.03. The molecule has 1 saturated heterocycles. The van der Waals surface area contributed by atoms with Gasteiger partial charge in [0.25, 0.3) is 5.91 Å². The Labute approximate surface area is 186 Å². The predicted molar refractivity (Wildman–Crippen MR) is 124 cm³/mol. The number of para-hydroxylation sites is 1. The number of pyridine rings is 1. The smallest absolute Gasteiger partial charge is 0.259 e. The quantitative estimate of drug-likeness (QED) is 0.523. The standard InChI is InChI=1S/C25H23N5O2/c31-25(27-20-7-4-10-22(16-20)29-12-14-32-15-13-29)23-18-30(21-8-2-1-3-9-21)28-24(23)19-6-5-11-26-17-19/h1-11,16-18H,12-15H2,(H,27,31). The number of ether oxygens (including phenoxy) is 1. The molecule has 1 aliphatic heterocycles. The van der Waals surface area contributed by atoms with Crippen LogP contribution in [0.3, 0.4) is 0 Å². The van der Waals surface area contributed by atoms with E-state index in [1.165, 1.54) is 0 Å². The lowest BCUT2D eigenvalue weighted by molar-refractivity contribution is 0.102. The molecule has 0 saturated carbocycles. The Balaban J connectivity index is 1.46. The van der Waals surface area contributed by atoms with Gasteiger partial charge in [0.2, 0.25) is 0 Å². The fraction of sp³-hybridized carbons (Fsp3) is 0.160. The first kappa shape index (κ1) is 20.0. The Morgan fingerprint density at radius 1 is 0.938 bits per heavy atom. The van der Waals surface area contributed by atoms with E-state index in [0.29, 0.717) is 24.5 Å². The third kappa shape index (κ3) is 4.24. The molecular formula is C25H23N5O2. The van der Waals surface area contributed by atoms with E-state index in [2.05, 4.69) is 21.3 Å². The summed E-state index contributed by atoms with van der Waals surface area (Å²) in [6, 6.07) is 21.4. The highest BCUT2D eigenvalue weighted by molar-refractivity contribution is 6.08. The molecular weight excluding hydrogens is 402 g/mol. The van der Waals surface area contributed by atoms with E-state index in [0.717, 1.165) is 35.7 Å². The number of aromatic nitrogens is 3. The zero-order valence-electron chi connectivity index (χ0n) is 17.5. The number of anilines is 2. The molecule has 4 aromatic rings. The van der Waals surface area contributed by atoms with Gasteiger partial charge >= 0.3 is 0 Å². The minimum Gasteiger partial charge on any atom is -0.378 e. The number of nitrogens with one attached hydrogen (secondary N) is 1. The maximum atomic E-state index is 13.3. The fourth-order valence-corrected chi connectivity index (χ4v) is 3.77. The summed E-state index contributed by atoms with van der Waals surface area (Å²) in [6.45, 7) is 3.10. The van der Waals surface area contributed by atoms with Crippen LogP contribution in [0.1, 0.15) is 10.4 Å². The van der Waals surface area contributed by atoms with Crippen LogP contribution in [0.5, 0.6) is 0 Å². The molecule has 0 unspecified atom stereocenters. The second-order valence-electron chi connectivity index (χ2n) is 7.52. The number of nitrogens with zero attached hydrogens (tertiary/aromatic N) is 4. The third-order valence-corrected chi connectivity index (χ3v) is 5.39. The number of amides is 1. The average molecular weight is 425 g/mol. The van der Waals surface area contributed by atoms with Gasteiger partial charge in [-0.1, -0.05) is 24.3 Å². The monoisotopic (exact) mass is 425 g/mol. The molecule has 1 fully saturated rings. The van der Waals surface area contributed by atoms with Crippen molar-refractivity contribution in [3.05, 3.63) is 90.9 Å². The third-order valence-electron chi connectivity index (χ3n) is 5.39. The van der Waals surface area contributed by atoms with Crippen LogP contribution in [-0.2, 0) is 4.74 Å². The van der Waals surface area contributed by atoms with E-state index in [4.69, 9.17) is 9.84 Å². The van der Waals surface area contributed by atoms with Gasteiger partial charge in [0, 0.05) is 48.6 Å². The summed E-state index contributed by atoms with van der Waals surface area (Å²) in [5, 5.41) is 7.74. The molecule has 32 heavy (non-hydrogen) atoms. The van der Waals surface area contributed by atoms with Crippen molar-refractivity contribution in [2.45, 2.75) is 0 Å². The van der Waals surface area contributed by atoms with Gasteiger partial charge in [-0.3, -0.25) is 9.78 Å². The number of hydrogen-bond donors (Lipinski definition) is 1. The van der Waals surface area contributed by atoms with Crippen LogP contribution < -0.4 is 10.2 Å². The first-order valence-corrected chi connectivity index (χ1v) is 10.6. The summed E-state index contributed by atoms with van der Waals surface area (Å²) in [6.07, 6.45) is 5.18. The topological polar surface area (TPSA) is 72.3 Å². The summed E-state index contributed by atoms with van der Waals surface area (Å²) in [7, 11) is 0. The number of carbonyl (C=O) groups is 1. The van der Waals surface area contributed by atoms with Crippen LogP contribution in [0.25, 0.3) is 16.9 Å². The molecule has 0 bridgehead atoms. The lowest BCUT2D eigenvalue weighted by Gasteiger charge is -2.29. The molecule has 0 atom stereocenters. The molecule has 2 aromatic heterocycles. The second-order valence-corrected chi connectivity index (χ2v) is 7.52. The van der Waals surface area contributed by atoms with E-state index >= 15 is 0 Å². The van der Waals surface area contributed by atoms with Gasteiger partial charge in [-0.15, -0.1) is 0 Å². The van der Waals surface area contributed by atoms with Crippen LogP contribution in [0.2, 0.25) is 0 Å². The highest BCUT2D eigenvalue weighted by Crippen LogP contribution is 2.25. The highest BCUT2D eigenvalue weighted by atomic mass is 16.5. The minimum atomic E-state index is -0.217. The maximum absolute atomic E-state index is 13.3. The largest absolute Gasteiger partial charge is 0.378 e. The number of benzene rings is 2. The van der Waals surface area contributed by atoms with Crippen LogP contribution in [0, 0.1) is 0 Å². The zero-order chi connectivity index (χ0) is 21.8. The molecule has 1 aliphatic rings. The van der Waals surface area contributed by atoms with Gasteiger partial charge < -0.3 is 15.0 Å². The van der Waals surface area contributed by atoms with E-state index in [9.17, 15) is 4.79 Å².